The van der Waals surface area contributed by atoms with Crippen LogP contribution in [0.1, 0.15) is 50.1 Å². The number of hydrogen-bond acceptors (Lipinski definition) is 6. The molecular weight excluding hydrogens is 547 g/mol. The molecule has 1 aromatic carbocycles. The van der Waals surface area contributed by atoms with Crippen LogP contribution in [0.5, 0.6) is 0 Å². The van der Waals surface area contributed by atoms with Crippen LogP contribution in [0, 0.1) is 5.92 Å². The Morgan fingerprint density at radius 1 is 1.13 bits per heavy atom. The molecule has 1 saturated carbocycles. The number of H-pyrrole nitrogens is 1. The Labute approximate surface area is 236 Å². The summed E-state index contributed by atoms with van der Waals surface area (Å²) < 4.78 is 0. The highest BCUT2D eigenvalue weighted by molar-refractivity contribution is 7.13. The first-order valence-corrected chi connectivity index (χ1v) is 13.7. The number of hydrogen-bond donors (Lipinski definition) is 3. The zero-order valence-electron chi connectivity index (χ0n) is 21.5. The highest BCUT2D eigenvalue weighted by Crippen LogP contribution is 2.29. The van der Waals surface area contributed by atoms with Crippen LogP contribution >= 0.6 is 35.3 Å². The fourth-order valence-electron chi connectivity index (χ4n) is 5.21. The predicted molar refractivity (Wildman–Crippen MR) is 151 cm³/mol. The summed E-state index contributed by atoms with van der Waals surface area (Å²) in [5.74, 6) is -0.711. The molecule has 3 aromatic rings. The predicted octanol–water partition coefficient (Wildman–Crippen LogP) is 3.47. The lowest BCUT2D eigenvalue weighted by atomic mass is 9.81. The van der Waals surface area contributed by atoms with Gasteiger partial charge in [-0.3, -0.25) is 14.4 Å². The van der Waals surface area contributed by atoms with Gasteiger partial charge in [0.1, 0.15) is 5.69 Å². The molecule has 3 N–H and O–H groups in total. The molecule has 2 aliphatic rings. The first-order valence-electron chi connectivity index (χ1n) is 12.5. The van der Waals surface area contributed by atoms with E-state index in [4.69, 9.17) is 11.6 Å². The summed E-state index contributed by atoms with van der Waals surface area (Å²) in [6, 6.07) is 6.45. The van der Waals surface area contributed by atoms with Crippen molar-refractivity contribution >= 4 is 64.0 Å². The van der Waals surface area contributed by atoms with Crippen molar-refractivity contribution in [3.63, 3.8) is 0 Å². The second kappa shape index (κ2) is 11.6. The third-order valence-electron chi connectivity index (χ3n) is 7.22. The standard InChI is InChI=1S/C26H31ClN6O3S.ClH/c1-32(2)26(36)14-4-6-18(29-23(34)21-12-15-10-16(27)5-7-17(15)28-21)20(11-14)30-24(35)25-31-19-8-9-33(3)13-22(19)37-25;/h5,7,10,12,14,18,20,28H,4,6,8-9,11,13H2,1-3H3,(H,29,34)(H,30,35);1H/t14-,18-,20+;/m0./s1. The van der Waals surface area contributed by atoms with E-state index in [0.717, 1.165) is 41.0 Å². The van der Waals surface area contributed by atoms with Crippen molar-refractivity contribution < 1.29 is 14.4 Å². The highest BCUT2D eigenvalue weighted by Gasteiger charge is 2.37. The van der Waals surface area contributed by atoms with Crippen LogP contribution in [0.2, 0.25) is 5.02 Å². The van der Waals surface area contributed by atoms with Gasteiger partial charge >= 0.3 is 0 Å². The SMILES string of the molecule is CN1CCc2nc(C(=O)N[C@@H]3C[C@@H](C(=O)N(C)C)CC[C@@H]3NC(=O)c3cc4cc(Cl)ccc4[nH]3)sc2C1.Cl. The number of aromatic nitrogens is 2. The lowest BCUT2D eigenvalue weighted by Gasteiger charge is -2.37. The molecule has 9 nitrogen and oxygen atoms in total. The van der Waals surface area contributed by atoms with E-state index >= 15 is 0 Å². The van der Waals surface area contributed by atoms with Gasteiger partial charge in [-0.25, -0.2) is 4.98 Å². The van der Waals surface area contributed by atoms with Gasteiger partial charge in [0.05, 0.1) is 11.7 Å². The molecule has 204 valence electrons. The van der Waals surface area contributed by atoms with Crippen molar-refractivity contribution in [1.29, 1.82) is 0 Å². The third-order valence-corrected chi connectivity index (χ3v) is 8.53. The second-order valence-corrected chi connectivity index (χ2v) is 11.7. The smallest absolute Gasteiger partial charge is 0.280 e. The Morgan fingerprint density at radius 2 is 1.89 bits per heavy atom. The molecule has 0 unspecified atom stereocenters. The number of carbonyl (C=O) groups is 3. The second-order valence-electron chi connectivity index (χ2n) is 10.2. The minimum atomic E-state index is -0.401. The molecule has 0 spiro atoms. The van der Waals surface area contributed by atoms with Gasteiger partial charge in [-0.15, -0.1) is 23.7 Å². The number of nitrogens with zero attached hydrogens (tertiary/aromatic N) is 3. The van der Waals surface area contributed by atoms with Crippen molar-refractivity contribution in [2.75, 3.05) is 27.7 Å². The van der Waals surface area contributed by atoms with E-state index in [-0.39, 0.29) is 42.1 Å². The van der Waals surface area contributed by atoms with Crippen molar-refractivity contribution in [2.24, 2.45) is 5.92 Å². The Bertz CT molecular complexity index is 1360. The maximum Gasteiger partial charge on any atom is 0.280 e. The first kappa shape index (κ1) is 28.4. The first-order chi connectivity index (χ1) is 17.7. The zero-order valence-corrected chi connectivity index (χ0v) is 23.9. The Morgan fingerprint density at radius 3 is 2.66 bits per heavy atom. The molecule has 0 radical (unpaired) electrons. The van der Waals surface area contributed by atoms with E-state index in [0.29, 0.717) is 35.0 Å². The maximum atomic E-state index is 13.3. The zero-order chi connectivity index (χ0) is 26.3. The summed E-state index contributed by atoms with van der Waals surface area (Å²) in [5.41, 5.74) is 2.23. The minimum absolute atomic E-state index is 0. The summed E-state index contributed by atoms with van der Waals surface area (Å²) in [6.45, 7) is 1.71. The molecule has 2 aromatic heterocycles. The number of carbonyl (C=O) groups excluding carboxylic acids is 3. The Balaban J connectivity index is 0.00000336. The summed E-state index contributed by atoms with van der Waals surface area (Å²) in [6.07, 6.45) is 2.48. The molecular formula is C26H32Cl2N6O3S. The van der Waals surface area contributed by atoms with Gasteiger partial charge in [-0.05, 0) is 50.6 Å². The van der Waals surface area contributed by atoms with Crippen LogP contribution < -0.4 is 10.6 Å². The number of amides is 3. The number of halogens is 2. The Hall–Kier alpha value is -2.66. The molecule has 1 fully saturated rings. The molecule has 3 amide bonds. The fourth-order valence-corrected chi connectivity index (χ4v) is 6.49. The molecule has 3 atom stereocenters. The number of rotatable bonds is 5. The van der Waals surface area contributed by atoms with Gasteiger partial charge in [0.25, 0.3) is 11.8 Å². The van der Waals surface area contributed by atoms with Crippen LogP contribution in [0.15, 0.2) is 24.3 Å². The fraction of sp³-hybridized carbons (Fsp3) is 0.462. The summed E-state index contributed by atoms with van der Waals surface area (Å²) >= 11 is 7.51. The van der Waals surface area contributed by atoms with Crippen LogP contribution in [0.25, 0.3) is 10.9 Å². The summed E-state index contributed by atoms with van der Waals surface area (Å²) in [5, 5.41) is 8.07. The van der Waals surface area contributed by atoms with Gasteiger partial charge in [0, 0.05) is 66.4 Å². The maximum absolute atomic E-state index is 13.3. The van der Waals surface area contributed by atoms with Crippen LogP contribution in [0.4, 0.5) is 0 Å². The number of aromatic amines is 1. The van der Waals surface area contributed by atoms with E-state index in [1.54, 1.807) is 37.2 Å². The summed E-state index contributed by atoms with van der Waals surface area (Å²) in [7, 11) is 5.54. The van der Waals surface area contributed by atoms with E-state index in [1.807, 2.05) is 6.07 Å². The van der Waals surface area contributed by atoms with E-state index < -0.39 is 6.04 Å². The van der Waals surface area contributed by atoms with Gasteiger partial charge in [-0.2, -0.15) is 0 Å². The van der Waals surface area contributed by atoms with Gasteiger partial charge in [-0.1, -0.05) is 11.6 Å². The van der Waals surface area contributed by atoms with E-state index in [2.05, 4.69) is 32.5 Å². The molecule has 3 heterocycles. The largest absolute Gasteiger partial charge is 0.351 e. The van der Waals surface area contributed by atoms with Crippen LogP contribution in [0.3, 0.4) is 0 Å². The van der Waals surface area contributed by atoms with Gasteiger partial charge in [0.15, 0.2) is 5.01 Å². The van der Waals surface area contributed by atoms with Gasteiger partial charge in [0.2, 0.25) is 5.91 Å². The quantitative estimate of drug-likeness (QED) is 0.429. The highest BCUT2D eigenvalue weighted by atomic mass is 35.5. The number of benzene rings is 1. The molecule has 1 aliphatic carbocycles. The third kappa shape index (κ3) is 5.98. The average molecular weight is 580 g/mol. The number of thiazole rings is 1. The van der Waals surface area contributed by atoms with Gasteiger partial charge < -0.3 is 25.4 Å². The normalized spacial score (nSPS) is 21.3. The molecule has 12 heteroatoms. The van der Waals surface area contributed by atoms with Crippen molar-refractivity contribution in [3.05, 3.63) is 50.6 Å². The Kier molecular flexibility index (Phi) is 8.66. The van der Waals surface area contributed by atoms with Crippen molar-refractivity contribution in [1.82, 2.24) is 30.4 Å². The van der Waals surface area contributed by atoms with E-state index in [1.165, 1.54) is 11.3 Å². The average Bonchev–Trinajstić information content (AvgIpc) is 3.48. The van der Waals surface area contributed by atoms with Crippen molar-refractivity contribution in [3.8, 4) is 0 Å². The topological polar surface area (TPSA) is 110 Å². The van der Waals surface area contributed by atoms with Crippen LogP contribution in [-0.4, -0.2) is 77.3 Å². The lowest BCUT2D eigenvalue weighted by molar-refractivity contribution is -0.134. The molecule has 0 saturated heterocycles. The summed E-state index contributed by atoms with van der Waals surface area (Å²) in [4.78, 5) is 51.8. The van der Waals surface area contributed by atoms with Crippen molar-refractivity contribution in [2.45, 2.75) is 44.3 Å². The number of nitrogens with one attached hydrogen (secondary N) is 3. The molecule has 38 heavy (non-hydrogen) atoms. The number of fused-ring (bicyclic) bond motifs is 2. The van der Waals surface area contributed by atoms with Crippen LogP contribution in [-0.2, 0) is 17.8 Å². The molecule has 1 aliphatic heterocycles. The number of likely N-dealkylation sites (N-methyl/N-ethyl adjacent to an activating group) is 1. The minimum Gasteiger partial charge on any atom is -0.351 e. The molecule has 5 rings (SSSR count). The lowest BCUT2D eigenvalue weighted by Crippen LogP contribution is -2.56. The molecule has 0 bridgehead atoms. The monoisotopic (exact) mass is 578 g/mol. The van der Waals surface area contributed by atoms with E-state index in [9.17, 15) is 14.4 Å².